The zero-order valence-corrected chi connectivity index (χ0v) is 15.5. The van der Waals surface area contributed by atoms with Gasteiger partial charge in [0.15, 0.2) is 5.78 Å². The summed E-state index contributed by atoms with van der Waals surface area (Å²) >= 11 is 0. The van der Waals surface area contributed by atoms with Crippen LogP contribution in [0.5, 0.6) is 11.5 Å². The molecule has 2 aliphatic rings. The molecule has 0 saturated carbocycles. The number of Topliss-reactive ketones (excluding diaryl/α,β-unsaturated/α-hetero) is 1. The standard InChI is InChI=1S/C20H23NO6/c1-4-26-19(25)17-15(11-6-5-10(22)7-12(11)23)16-13(24)8-20(2,3)9-14(16)27-18(17)21/h5-7,15,22-23H,4,8-9,21H2,1-3H3. The molecule has 27 heavy (non-hydrogen) atoms. The van der Waals surface area contributed by atoms with Crippen LogP contribution < -0.4 is 5.73 Å². The Morgan fingerprint density at radius 3 is 2.67 bits per heavy atom. The maximum Gasteiger partial charge on any atom is 0.340 e. The van der Waals surface area contributed by atoms with Crippen molar-refractivity contribution in [1.82, 2.24) is 0 Å². The van der Waals surface area contributed by atoms with Crippen molar-refractivity contribution >= 4 is 11.8 Å². The largest absolute Gasteiger partial charge is 0.508 e. The average molecular weight is 373 g/mol. The first-order chi connectivity index (χ1) is 12.6. The third kappa shape index (κ3) is 3.37. The Labute approximate surface area is 157 Å². The molecule has 1 aliphatic heterocycles. The van der Waals surface area contributed by atoms with Crippen LogP contribution in [0.15, 0.2) is 41.0 Å². The highest BCUT2D eigenvalue weighted by Gasteiger charge is 2.45. The SMILES string of the molecule is CCOC(=O)C1=C(N)OC2=C(C(=O)CC(C)(C)C2)C1c1ccc(O)cc1O. The molecular weight excluding hydrogens is 350 g/mol. The highest BCUT2D eigenvalue weighted by atomic mass is 16.5. The summed E-state index contributed by atoms with van der Waals surface area (Å²) in [6.07, 6.45) is 0.751. The molecule has 0 bridgehead atoms. The van der Waals surface area contributed by atoms with Crippen molar-refractivity contribution in [1.29, 1.82) is 0 Å². The molecule has 0 spiro atoms. The molecule has 0 aromatic heterocycles. The summed E-state index contributed by atoms with van der Waals surface area (Å²) in [6.45, 7) is 5.68. The Bertz CT molecular complexity index is 880. The van der Waals surface area contributed by atoms with Crippen LogP contribution >= 0.6 is 0 Å². The van der Waals surface area contributed by atoms with Crippen LogP contribution in [0, 0.1) is 5.41 Å². The van der Waals surface area contributed by atoms with Gasteiger partial charge < -0.3 is 25.4 Å². The van der Waals surface area contributed by atoms with Crippen molar-refractivity contribution < 1.29 is 29.3 Å². The van der Waals surface area contributed by atoms with Crippen molar-refractivity contribution in [3.63, 3.8) is 0 Å². The topological polar surface area (TPSA) is 119 Å². The minimum Gasteiger partial charge on any atom is -0.508 e. The van der Waals surface area contributed by atoms with Gasteiger partial charge in [0.05, 0.1) is 12.5 Å². The molecule has 1 aliphatic carbocycles. The second kappa shape index (κ2) is 6.64. The van der Waals surface area contributed by atoms with E-state index in [-0.39, 0.29) is 52.7 Å². The minimum atomic E-state index is -0.919. The molecular formula is C20H23NO6. The van der Waals surface area contributed by atoms with Crippen molar-refractivity contribution in [2.45, 2.75) is 39.5 Å². The highest BCUT2D eigenvalue weighted by Crippen LogP contribution is 2.50. The molecule has 1 unspecified atom stereocenters. The number of hydrogen-bond acceptors (Lipinski definition) is 7. The molecule has 1 aromatic rings. The summed E-state index contributed by atoms with van der Waals surface area (Å²) in [5.74, 6) is -1.93. The molecule has 1 heterocycles. The summed E-state index contributed by atoms with van der Waals surface area (Å²) in [4.78, 5) is 25.5. The first kappa shape index (κ1) is 18.8. The van der Waals surface area contributed by atoms with Crippen LogP contribution in [-0.2, 0) is 19.1 Å². The fraction of sp³-hybridized carbons (Fsp3) is 0.400. The number of nitrogens with two attached hydrogens (primary N) is 1. The van der Waals surface area contributed by atoms with E-state index in [1.165, 1.54) is 12.1 Å². The monoisotopic (exact) mass is 373 g/mol. The Kier molecular flexibility index (Phi) is 4.63. The lowest BCUT2D eigenvalue weighted by molar-refractivity contribution is -0.139. The van der Waals surface area contributed by atoms with E-state index < -0.39 is 11.9 Å². The maximum atomic E-state index is 13.0. The van der Waals surface area contributed by atoms with E-state index in [0.717, 1.165) is 6.07 Å². The highest BCUT2D eigenvalue weighted by molar-refractivity contribution is 6.03. The van der Waals surface area contributed by atoms with E-state index in [2.05, 4.69) is 0 Å². The van der Waals surface area contributed by atoms with Crippen molar-refractivity contribution in [2.75, 3.05) is 6.61 Å². The number of allylic oxidation sites excluding steroid dienone is 2. The molecule has 3 rings (SSSR count). The Hall–Kier alpha value is -2.96. The van der Waals surface area contributed by atoms with Gasteiger partial charge in [-0.05, 0) is 18.4 Å². The predicted octanol–water partition coefficient (Wildman–Crippen LogP) is 2.59. The molecule has 7 nitrogen and oxygen atoms in total. The van der Waals surface area contributed by atoms with Gasteiger partial charge >= 0.3 is 5.97 Å². The summed E-state index contributed by atoms with van der Waals surface area (Å²) in [5, 5.41) is 20.0. The number of ether oxygens (including phenoxy) is 2. The fourth-order valence-corrected chi connectivity index (χ4v) is 3.68. The van der Waals surface area contributed by atoms with Gasteiger partial charge in [0.25, 0.3) is 0 Å². The number of rotatable bonds is 3. The second-order valence-electron chi connectivity index (χ2n) is 7.55. The Morgan fingerprint density at radius 1 is 1.33 bits per heavy atom. The van der Waals surface area contributed by atoms with Crippen molar-refractivity contribution in [3.8, 4) is 11.5 Å². The molecule has 0 fully saturated rings. The minimum absolute atomic E-state index is 0.0235. The Balaban J connectivity index is 2.22. The van der Waals surface area contributed by atoms with Crippen molar-refractivity contribution in [3.05, 3.63) is 46.6 Å². The van der Waals surface area contributed by atoms with Crippen LogP contribution in [0.25, 0.3) is 0 Å². The van der Waals surface area contributed by atoms with E-state index in [0.29, 0.717) is 17.8 Å². The first-order valence-corrected chi connectivity index (χ1v) is 8.77. The summed E-state index contributed by atoms with van der Waals surface area (Å²) < 4.78 is 10.8. The van der Waals surface area contributed by atoms with Gasteiger partial charge in [0.1, 0.15) is 22.8 Å². The molecule has 0 radical (unpaired) electrons. The van der Waals surface area contributed by atoms with Gasteiger partial charge in [-0.3, -0.25) is 4.79 Å². The summed E-state index contributed by atoms with van der Waals surface area (Å²) in [5.41, 5.74) is 6.29. The van der Waals surface area contributed by atoms with Crippen molar-refractivity contribution in [2.24, 2.45) is 11.1 Å². The van der Waals surface area contributed by atoms with Gasteiger partial charge in [-0.15, -0.1) is 0 Å². The maximum absolute atomic E-state index is 13.0. The molecule has 144 valence electrons. The number of phenolic OH excluding ortho intramolecular Hbond substituents is 2. The first-order valence-electron chi connectivity index (χ1n) is 8.77. The predicted molar refractivity (Wildman–Crippen MR) is 96.5 cm³/mol. The van der Waals surface area contributed by atoms with Crippen LogP contribution in [0.2, 0.25) is 0 Å². The zero-order valence-electron chi connectivity index (χ0n) is 15.5. The number of ketones is 1. The van der Waals surface area contributed by atoms with Crippen LogP contribution in [0.1, 0.15) is 45.1 Å². The van der Waals surface area contributed by atoms with E-state index in [1.54, 1.807) is 6.92 Å². The molecule has 7 heteroatoms. The van der Waals surface area contributed by atoms with Gasteiger partial charge in [-0.2, -0.15) is 0 Å². The molecule has 1 aromatic carbocycles. The number of carbonyl (C=O) groups is 2. The molecule has 4 N–H and O–H groups in total. The van der Waals surface area contributed by atoms with Crippen LogP contribution in [0.3, 0.4) is 0 Å². The number of hydrogen-bond donors (Lipinski definition) is 3. The lowest BCUT2D eigenvalue weighted by Crippen LogP contribution is -2.35. The number of phenols is 2. The second-order valence-corrected chi connectivity index (χ2v) is 7.55. The van der Waals surface area contributed by atoms with E-state index in [1.807, 2.05) is 13.8 Å². The fourth-order valence-electron chi connectivity index (χ4n) is 3.68. The van der Waals surface area contributed by atoms with Gasteiger partial charge in [-0.1, -0.05) is 19.9 Å². The molecule has 0 saturated heterocycles. The lowest BCUT2D eigenvalue weighted by atomic mass is 9.70. The summed E-state index contributed by atoms with van der Waals surface area (Å²) in [7, 11) is 0. The molecule has 1 atom stereocenters. The molecule has 0 amide bonds. The zero-order chi connectivity index (χ0) is 19.9. The Morgan fingerprint density at radius 2 is 2.04 bits per heavy atom. The number of aromatic hydroxyl groups is 2. The third-order valence-corrected chi connectivity index (χ3v) is 4.78. The van der Waals surface area contributed by atoms with E-state index in [4.69, 9.17) is 15.2 Å². The third-order valence-electron chi connectivity index (χ3n) is 4.78. The van der Waals surface area contributed by atoms with E-state index in [9.17, 15) is 19.8 Å². The number of esters is 1. The van der Waals surface area contributed by atoms with Gasteiger partial charge in [0.2, 0.25) is 5.88 Å². The van der Waals surface area contributed by atoms with Gasteiger partial charge in [0, 0.05) is 30.0 Å². The normalized spacial score (nSPS) is 21.6. The van der Waals surface area contributed by atoms with E-state index >= 15 is 0 Å². The number of benzene rings is 1. The average Bonchev–Trinajstić information content (AvgIpc) is 2.52. The quantitative estimate of drug-likeness (QED) is 0.697. The smallest absolute Gasteiger partial charge is 0.340 e. The van der Waals surface area contributed by atoms with Crippen LogP contribution in [-0.4, -0.2) is 28.6 Å². The van der Waals surface area contributed by atoms with Crippen LogP contribution in [0.4, 0.5) is 0 Å². The number of carbonyl (C=O) groups excluding carboxylic acids is 2. The lowest BCUT2D eigenvalue weighted by Gasteiger charge is -2.38. The van der Waals surface area contributed by atoms with Gasteiger partial charge in [-0.25, -0.2) is 4.79 Å². The summed E-state index contributed by atoms with van der Waals surface area (Å²) in [6, 6.07) is 3.99.